The molecular formula is C19H16F2N4O2. The van der Waals surface area contributed by atoms with Crippen LogP contribution in [0.25, 0.3) is 11.5 Å². The van der Waals surface area contributed by atoms with Gasteiger partial charge in [-0.15, -0.1) is 0 Å². The third-order valence-corrected chi connectivity index (χ3v) is 4.57. The second-order valence-corrected chi connectivity index (χ2v) is 6.42. The van der Waals surface area contributed by atoms with Gasteiger partial charge in [0, 0.05) is 23.0 Å². The summed E-state index contributed by atoms with van der Waals surface area (Å²) in [5, 5.41) is 6.32. The molecule has 1 aromatic carbocycles. The van der Waals surface area contributed by atoms with Gasteiger partial charge in [-0.05, 0) is 55.2 Å². The van der Waals surface area contributed by atoms with Crippen molar-refractivity contribution in [3.05, 3.63) is 64.7 Å². The van der Waals surface area contributed by atoms with Gasteiger partial charge in [0.05, 0.1) is 6.04 Å². The van der Waals surface area contributed by atoms with Gasteiger partial charge in [-0.3, -0.25) is 9.78 Å². The largest absolute Gasteiger partial charge is 0.345 e. The molecule has 2 aromatic heterocycles. The van der Waals surface area contributed by atoms with Gasteiger partial charge >= 0.3 is 6.43 Å². The van der Waals surface area contributed by atoms with Gasteiger partial charge in [0.2, 0.25) is 5.82 Å². The number of hydrogen-bond donors (Lipinski definition) is 1. The van der Waals surface area contributed by atoms with Crippen molar-refractivity contribution in [3.8, 4) is 11.5 Å². The maximum absolute atomic E-state index is 12.6. The molecule has 0 saturated heterocycles. The Morgan fingerprint density at radius 2 is 2.15 bits per heavy atom. The van der Waals surface area contributed by atoms with Crippen LogP contribution in [0.3, 0.4) is 0 Å². The van der Waals surface area contributed by atoms with Crippen LogP contribution in [0, 0.1) is 6.92 Å². The first-order valence-electron chi connectivity index (χ1n) is 8.50. The molecule has 1 aliphatic carbocycles. The first-order valence-corrected chi connectivity index (χ1v) is 8.50. The number of carbonyl (C=O) groups is 1. The molecule has 0 saturated carbocycles. The molecule has 1 atom stereocenters. The number of hydrogen-bond acceptors (Lipinski definition) is 5. The predicted octanol–water partition coefficient (Wildman–Crippen LogP) is 3.79. The zero-order valence-corrected chi connectivity index (χ0v) is 14.4. The van der Waals surface area contributed by atoms with E-state index in [1.807, 2.05) is 19.1 Å². The minimum absolute atomic E-state index is 0.0628. The number of pyridine rings is 1. The summed E-state index contributed by atoms with van der Waals surface area (Å²) in [6.45, 7) is 1.83. The van der Waals surface area contributed by atoms with E-state index in [4.69, 9.17) is 4.52 Å². The number of rotatable bonds is 4. The number of halogens is 2. The van der Waals surface area contributed by atoms with Crippen molar-refractivity contribution in [1.82, 2.24) is 20.4 Å². The third-order valence-electron chi connectivity index (χ3n) is 4.57. The lowest BCUT2D eigenvalue weighted by Crippen LogP contribution is -2.27. The summed E-state index contributed by atoms with van der Waals surface area (Å²) >= 11 is 0. The number of aromatic nitrogens is 3. The Balaban J connectivity index is 1.53. The van der Waals surface area contributed by atoms with Crippen LogP contribution in [0.2, 0.25) is 0 Å². The fourth-order valence-corrected chi connectivity index (χ4v) is 3.27. The van der Waals surface area contributed by atoms with E-state index in [1.54, 1.807) is 24.4 Å². The number of nitrogens with zero attached hydrogens (tertiary/aromatic N) is 3. The van der Waals surface area contributed by atoms with Gasteiger partial charge in [0.15, 0.2) is 0 Å². The molecule has 0 aliphatic heterocycles. The normalized spacial score (nSPS) is 15.8. The summed E-state index contributed by atoms with van der Waals surface area (Å²) < 4.78 is 30.2. The van der Waals surface area contributed by atoms with Crippen LogP contribution in [0.1, 0.15) is 51.9 Å². The van der Waals surface area contributed by atoms with Crippen molar-refractivity contribution < 1.29 is 18.1 Å². The summed E-state index contributed by atoms with van der Waals surface area (Å²) in [6, 6.07) is 8.77. The quantitative estimate of drug-likeness (QED) is 0.756. The zero-order valence-electron chi connectivity index (χ0n) is 14.4. The Hall–Kier alpha value is -3.16. The zero-order chi connectivity index (χ0) is 19.0. The molecule has 1 aliphatic rings. The second kappa shape index (κ2) is 6.86. The highest BCUT2D eigenvalue weighted by molar-refractivity contribution is 5.94. The number of fused-ring (bicyclic) bond motifs is 1. The van der Waals surface area contributed by atoms with E-state index in [0.717, 1.165) is 29.7 Å². The molecule has 4 rings (SSSR count). The molecule has 6 nitrogen and oxygen atoms in total. The lowest BCUT2D eigenvalue weighted by molar-refractivity contribution is 0.0936. The average Bonchev–Trinajstić information content (AvgIpc) is 3.29. The lowest BCUT2D eigenvalue weighted by atomic mass is 10.0. The van der Waals surface area contributed by atoms with E-state index in [-0.39, 0.29) is 17.8 Å². The number of aryl methyl sites for hydroxylation is 2. The number of carbonyl (C=O) groups excluding carboxylic acids is 1. The van der Waals surface area contributed by atoms with Gasteiger partial charge < -0.3 is 9.84 Å². The van der Waals surface area contributed by atoms with E-state index in [0.29, 0.717) is 11.1 Å². The summed E-state index contributed by atoms with van der Waals surface area (Å²) in [5.41, 5.74) is 3.97. The van der Waals surface area contributed by atoms with Gasteiger partial charge in [-0.1, -0.05) is 11.2 Å². The van der Waals surface area contributed by atoms with Gasteiger partial charge in [-0.25, -0.2) is 8.78 Å². The predicted molar refractivity (Wildman–Crippen MR) is 92.2 cm³/mol. The maximum atomic E-state index is 12.6. The molecule has 0 spiro atoms. The van der Waals surface area contributed by atoms with Crippen LogP contribution in [-0.2, 0) is 6.42 Å². The minimum Gasteiger partial charge on any atom is -0.345 e. The summed E-state index contributed by atoms with van der Waals surface area (Å²) in [6.07, 6.45) is 0.366. The van der Waals surface area contributed by atoms with Crippen molar-refractivity contribution in [2.45, 2.75) is 32.2 Å². The average molecular weight is 370 g/mol. The number of benzene rings is 1. The number of alkyl halides is 2. The smallest absolute Gasteiger partial charge is 0.300 e. The third kappa shape index (κ3) is 3.42. The Morgan fingerprint density at radius 3 is 2.89 bits per heavy atom. The molecule has 0 fully saturated rings. The Morgan fingerprint density at radius 1 is 1.30 bits per heavy atom. The van der Waals surface area contributed by atoms with Crippen LogP contribution in [0.5, 0.6) is 0 Å². The summed E-state index contributed by atoms with van der Waals surface area (Å²) in [7, 11) is 0. The Bertz CT molecular complexity index is 1000. The SMILES string of the molecule is Cc1cc(C(=O)NC2CCc3cc(-c4nc(C(F)F)no4)ccc32)ccn1. The van der Waals surface area contributed by atoms with Gasteiger partial charge in [-0.2, -0.15) is 4.98 Å². The molecule has 8 heteroatoms. The molecule has 138 valence electrons. The van der Waals surface area contributed by atoms with Crippen molar-refractivity contribution in [2.24, 2.45) is 0 Å². The molecule has 1 amide bonds. The van der Waals surface area contributed by atoms with E-state index in [1.165, 1.54) is 0 Å². The van der Waals surface area contributed by atoms with Crippen LogP contribution >= 0.6 is 0 Å². The van der Waals surface area contributed by atoms with Gasteiger partial charge in [0.1, 0.15) is 0 Å². The molecular weight excluding hydrogens is 354 g/mol. The van der Waals surface area contributed by atoms with Crippen molar-refractivity contribution in [2.75, 3.05) is 0 Å². The molecule has 1 N–H and O–H groups in total. The minimum atomic E-state index is -2.77. The fraction of sp³-hybridized carbons (Fsp3) is 0.263. The number of amides is 1. The first kappa shape index (κ1) is 17.3. The van der Waals surface area contributed by atoms with Crippen LogP contribution < -0.4 is 5.32 Å². The molecule has 3 aromatic rings. The highest BCUT2D eigenvalue weighted by Crippen LogP contribution is 2.34. The van der Waals surface area contributed by atoms with Crippen molar-refractivity contribution in [1.29, 1.82) is 0 Å². The summed E-state index contributed by atoms with van der Waals surface area (Å²) in [5.74, 6) is -0.711. The summed E-state index contributed by atoms with van der Waals surface area (Å²) in [4.78, 5) is 20.3. The van der Waals surface area contributed by atoms with Crippen LogP contribution in [0.4, 0.5) is 8.78 Å². The van der Waals surface area contributed by atoms with Gasteiger partial charge in [0.25, 0.3) is 11.8 Å². The van der Waals surface area contributed by atoms with Crippen molar-refractivity contribution in [3.63, 3.8) is 0 Å². The molecule has 0 radical (unpaired) electrons. The first-order chi connectivity index (χ1) is 13.0. The molecule has 27 heavy (non-hydrogen) atoms. The van der Waals surface area contributed by atoms with Crippen LogP contribution in [-0.4, -0.2) is 21.0 Å². The molecule has 2 heterocycles. The fourth-order valence-electron chi connectivity index (χ4n) is 3.27. The second-order valence-electron chi connectivity index (χ2n) is 6.42. The highest BCUT2D eigenvalue weighted by Gasteiger charge is 2.26. The topological polar surface area (TPSA) is 80.9 Å². The van der Waals surface area contributed by atoms with E-state index >= 15 is 0 Å². The highest BCUT2D eigenvalue weighted by atomic mass is 19.3. The molecule has 0 bridgehead atoms. The van der Waals surface area contributed by atoms with E-state index in [2.05, 4.69) is 20.4 Å². The van der Waals surface area contributed by atoms with E-state index in [9.17, 15) is 13.6 Å². The standard InChI is InChI=1S/C19H16F2N4O2/c1-10-8-12(6-7-22-10)18(26)23-15-5-3-11-9-13(2-4-14(11)15)19-24-17(16(20)21)25-27-19/h2,4,6-9,15-16H,3,5H2,1H3,(H,23,26). The lowest BCUT2D eigenvalue weighted by Gasteiger charge is -2.14. The van der Waals surface area contributed by atoms with Crippen molar-refractivity contribution >= 4 is 5.91 Å². The Kier molecular flexibility index (Phi) is 4.39. The monoisotopic (exact) mass is 370 g/mol. The van der Waals surface area contributed by atoms with Crippen LogP contribution in [0.15, 0.2) is 41.1 Å². The Labute approximate surface area is 153 Å². The van der Waals surface area contributed by atoms with E-state index < -0.39 is 12.2 Å². The number of nitrogens with one attached hydrogen (secondary N) is 1. The molecule has 1 unspecified atom stereocenters. The maximum Gasteiger partial charge on any atom is 0.300 e.